The molecule has 0 saturated carbocycles. The van der Waals surface area contributed by atoms with Crippen LogP contribution in [0, 0.1) is 19.8 Å². The molecule has 0 radical (unpaired) electrons. The van der Waals surface area contributed by atoms with Gasteiger partial charge in [0.1, 0.15) is 0 Å². The van der Waals surface area contributed by atoms with E-state index in [-0.39, 0.29) is 11.9 Å². The van der Waals surface area contributed by atoms with Crippen molar-refractivity contribution in [2.24, 2.45) is 5.92 Å². The minimum atomic E-state index is 0.169. The van der Waals surface area contributed by atoms with Crippen LogP contribution >= 0.6 is 0 Å². The number of morpholine rings is 1. The Hall–Kier alpha value is -1.73. The average molecular weight is 361 g/mol. The molecule has 1 atom stereocenters. The number of nitrogens with two attached hydrogens (primary N) is 1. The van der Waals surface area contributed by atoms with Gasteiger partial charge in [0.05, 0.1) is 19.6 Å². The number of ether oxygens (including phenoxy) is 1. The Morgan fingerprint density at radius 3 is 2.31 bits per heavy atom. The summed E-state index contributed by atoms with van der Waals surface area (Å²) in [4.78, 5) is 25.7. The number of nitrogen functional groups attached to an aromatic ring is 1. The van der Waals surface area contributed by atoms with Crippen LogP contribution in [0.2, 0.25) is 0 Å². The number of aryl methyl sites for hydroxylation is 2. The van der Waals surface area contributed by atoms with Crippen LogP contribution < -0.4 is 5.73 Å². The predicted octanol–water partition coefficient (Wildman–Crippen LogP) is 1.18. The van der Waals surface area contributed by atoms with Crippen molar-refractivity contribution in [2.45, 2.75) is 46.1 Å². The molecule has 1 aromatic rings. The van der Waals surface area contributed by atoms with E-state index in [1.807, 2.05) is 18.7 Å². The van der Waals surface area contributed by atoms with Crippen molar-refractivity contribution in [1.82, 2.24) is 19.8 Å². The second-order valence-electron chi connectivity index (χ2n) is 7.52. The molecule has 2 fully saturated rings. The fraction of sp³-hybridized carbons (Fsp3) is 0.737. The summed E-state index contributed by atoms with van der Waals surface area (Å²) in [6.45, 7) is 11.5. The van der Waals surface area contributed by atoms with Gasteiger partial charge < -0.3 is 15.4 Å². The highest BCUT2D eigenvalue weighted by Gasteiger charge is 2.30. The summed E-state index contributed by atoms with van der Waals surface area (Å²) in [6.07, 6.45) is 2.50. The van der Waals surface area contributed by atoms with Crippen molar-refractivity contribution in [2.75, 3.05) is 45.1 Å². The van der Waals surface area contributed by atoms with Gasteiger partial charge in [-0.25, -0.2) is 9.97 Å². The molecule has 26 heavy (non-hydrogen) atoms. The summed E-state index contributed by atoms with van der Waals surface area (Å²) in [5, 5.41) is 0. The van der Waals surface area contributed by atoms with Crippen molar-refractivity contribution < 1.29 is 9.53 Å². The van der Waals surface area contributed by atoms with Crippen molar-refractivity contribution in [3.05, 3.63) is 17.0 Å². The van der Waals surface area contributed by atoms with Crippen LogP contribution in [0.15, 0.2) is 0 Å². The molecule has 7 nitrogen and oxygen atoms in total. The Morgan fingerprint density at radius 1 is 1.15 bits per heavy atom. The first-order chi connectivity index (χ1) is 12.5. The van der Waals surface area contributed by atoms with E-state index in [9.17, 15) is 4.79 Å². The van der Waals surface area contributed by atoms with Crippen molar-refractivity contribution in [3.8, 4) is 0 Å². The number of hydrogen-bond donors (Lipinski definition) is 1. The molecule has 0 unspecified atom stereocenters. The Labute approximate surface area is 155 Å². The molecule has 0 spiro atoms. The maximum Gasteiger partial charge on any atom is 0.227 e. The van der Waals surface area contributed by atoms with Crippen LogP contribution in [0.25, 0.3) is 0 Å². The summed E-state index contributed by atoms with van der Waals surface area (Å²) in [7, 11) is 0. The van der Waals surface area contributed by atoms with Gasteiger partial charge in [-0.05, 0) is 39.5 Å². The van der Waals surface area contributed by atoms with E-state index in [2.05, 4.69) is 21.8 Å². The second kappa shape index (κ2) is 8.31. The first-order valence-corrected chi connectivity index (χ1v) is 9.65. The molecule has 2 N–H and O–H groups in total. The smallest absolute Gasteiger partial charge is 0.227 e. The Bertz CT molecular complexity index is 614. The van der Waals surface area contributed by atoms with E-state index in [1.165, 1.54) is 0 Å². The highest BCUT2D eigenvalue weighted by Crippen LogP contribution is 2.25. The average Bonchev–Trinajstić information content (AvgIpc) is 2.64. The predicted molar refractivity (Wildman–Crippen MR) is 101 cm³/mol. The lowest BCUT2D eigenvalue weighted by molar-refractivity contribution is -0.132. The molecule has 3 heterocycles. The van der Waals surface area contributed by atoms with E-state index in [0.29, 0.717) is 18.4 Å². The van der Waals surface area contributed by atoms with Gasteiger partial charge in [-0.15, -0.1) is 0 Å². The number of amides is 1. The first kappa shape index (κ1) is 19.0. The maximum atomic E-state index is 12.7. The third kappa shape index (κ3) is 4.32. The summed E-state index contributed by atoms with van der Waals surface area (Å²) in [5.41, 5.74) is 8.20. The second-order valence-corrected chi connectivity index (χ2v) is 7.52. The number of nitrogens with zero attached hydrogens (tertiary/aromatic N) is 4. The third-order valence-corrected chi connectivity index (χ3v) is 5.96. The molecule has 7 heteroatoms. The summed E-state index contributed by atoms with van der Waals surface area (Å²) >= 11 is 0. The van der Waals surface area contributed by atoms with Gasteiger partial charge in [-0.3, -0.25) is 9.69 Å². The Kier molecular flexibility index (Phi) is 6.09. The summed E-state index contributed by atoms with van der Waals surface area (Å²) in [5.74, 6) is 1.09. The zero-order valence-corrected chi connectivity index (χ0v) is 16.2. The molecule has 0 aromatic carbocycles. The Balaban J connectivity index is 1.54. The molecular formula is C19H31N5O2. The number of aromatic nitrogens is 2. The zero-order valence-electron chi connectivity index (χ0n) is 16.2. The Morgan fingerprint density at radius 2 is 1.73 bits per heavy atom. The van der Waals surface area contributed by atoms with Crippen LogP contribution in [-0.2, 0) is 16.0 Å². The first-order valence-electron chi connectivity index (χ1n) is 9.65. The fourth-order valence-electron chi connectivity index (χ4n) is 4.20. The van der Waals surface area contributed by atoms with E-state index < -0.39 is 0 Å². The van der Waals surface area contributed by atoms with Crippen molar-refractivity contribution in [1.29, 1.82) is 0 Å². The SMILES string of the molecule is Cc1nc(N)nc(C)c1CC(=O)N1CCC([C@H](C)N2CCOCC2)CC1. The number of rotatable bonds is 4. The molecule has 0 bridgehead atoms. The van der Waals surface area contributed by atoms with E-state index >= 15 is 0 Å². The van der Waals surface area contributed by atoms with Gasteiger partial charge in [0, 0.05) is 49.2 Å². The highest BCUT2D eigenvalue weighted by molar-refractivity contribution is 5.79. The van der Waals surface area contributed by atoms with Crippen LogP contribution in [0.1, 0.15) is 36.7 Å². The molecule has 1 aromatic heterocycles. The summed E-state index contributed by atoms with van der Waals surface area (Å²) < 4.78 is 5.46. The van der Waals surface area contributed by atoms with Crippen molar-refractivity contribution >= 4 is 11.9 Å². The number of hydrogen-bond acceptors (Lipinski definition) is 6. The van der Waals surface area contributed by atoms with Gasteiger partial charge in [0.2, 0.25) is 11.9 Å². The van der Waals surface area contributed by atoms with E-state index in [0.717, 1.165) is 69.2 Å². The van der Waals surface area contributed by atoms with Crippen LogP contribution in [-0.4, -0.2) is 71.1 Å². The molecule has 144 valence electrons. The molecule has 3 rings (SSSR count). The van der Waals surface area contributed by atoms with Crippen LogP contribution in [0.5, 0.6) is 0 Å². The van der Waals surface area contributed by atoms with E-state index in [1.54, 1.807) is 0 Å². The maximum absolute atomic E-state index is 12.7. The van der Waals surface area contributed by atoms with Gasteiger partial charge in [0.25, 0.3) is 0 Å². The number of likely N-dealkylation sites (tertiary alicyclic amines) is 1. The summed E-state index contributed by atoms with van der Waals surface area (Å²) in [6, 6.07) is 0.561. The minimum Gasteiger partial charge on any atom is -0.379 e. The topological polar surface area (TPSA) is 84.6 Å². The fourth-order valence-corrected chi connectivity index (χ4v) is 4.20. The molecular weight excluding hydrogens is 330 g/mol. The number of carbonyl (C=O) groups is 1. The minimum absolute atomic E-state index is 0.169. The zero-order chi connectivity index (χ0) is 18.7. The number of carbonyl (C=O) groups excluding carboxylic acids is 1. The quantitative estimate of drug-likeness (QED) is 0.867. The lowest BCUT2D eigenvalue weighted by atomic mass is 9.89. The van der Waals surface area contributed by atoms with Crippen LogP contribution in [0.4, 0.5) is 5.95 Å². The van der Waals surface area contributed by atoms with E-state index in [4.69, 9.17) is 10.5 Å². The van der Waals surface area contributed by atoms with Crippen molar-refractivity contribution in [3.63, 3.8) is 0 Å². The monoisotopic (exact) mass is 361 g/mol. The normalized spacial score (nSPS) is 21.0. The lowest BCUT2D eigenvalue weighted by Gasteiger charge is -2.41. The number of piperidine rings is 1. The van der Waals surface area contributed by atoms with Gasteiger partial charge in [0.15, 0.2) is 0 Å². The standard InChI is InChI=1S/C19H31N5O2/c1-13-17(14(2)22-19(20)21-13)12-18(25)24-6-4-16(5-7-24)15(3)23-8-10-26-11-9-23/h15-16H,4-12H2,1-3H3,(H2,20,21,22)/t15-/m0/s1. The number of anilines is 1. The molecule has 2 aliphatic rings. The largest absolute Gasteiger partial charge is 0.379 e. The van der Waals surface area contributed by atoms with Gasteiger partial charge in [-0.1, -0.05) is 0 Å². The lowest BCUT2D eigenvalue weighted by Crippen LogP contribution is -2.49. The van der Waals surface area contributed by atoms with Crippen LogP contribution in [0.3, 0.4) is 0 Å². The van der Waals surface area contributed by atoms with Gasteiger partial charge in [-0.2, -0.15) is 0 Å². The molecule has 0 aliphatic carbocycles. The third-order valence-electron chi connectivity index (χ3n) is 5.96. The molecule has 1 amide bonds. The molecule has 2 aliphatic heterocycles. The highest BCUT2D eigenvalue weighted by atomic mass is 16.5. The van der Waals surface area contributed by atoms with Gasteiger partial charge >= 0.3 is 0 Å². The molecule has 2 saturated heterocycles.